The van der Waals surface area contributed by atoms with E-state index in [2.05, 4.69) is 31.5 Å². The molecule has 2 rings (SSSR count). The number of rotatable bonds is 4. The third-order valence-electron chi connectivity index (χ3n) is 3.06. The molecule has 21 heavy (non-hydrogen) atoms. The average Bonchev–Trinajstić information content (AvgIpc) is 2.44. The second-order valence-electron chi connectivity index (χ2n) is 4.85. The molecule has 2 N–H and O–H groups in total. The van der Waals surface area contributed by atoms with Gasteiger partial charge >= 0.3 is 0 Å². The molecule has 0 radical (unpaired) electrons. The number of amides is 1. The first kappa shape index (κ1) is 15.5. The molecular formula is C16H18BrN3O. The lowest BCUT2D eigenvalue weighted by molar-refractivity contribution is 0.102. The van der Waals surface area contributed by atoms with Crippen LogP contribution in [0.25, 0.3) is 0 Å². The fourth-order valence-electron chi connectivity index (χ4n) is 2.04. The summed E-state index contributed by atoms with van der Waals surface area (Å²) in [5.41, 5.74) is 3.41. The number of hydrogen-bond acceptors (Lipinski definition) is 3. The summed E-state index contributed by atoms with van der Waals surface area (Å²) in [5, 5.41) is 6.07. The van der Waals surface area contributed by atoms with Crippen molar-refractivity contribution in [1.82, 2.24) is 4.98 Å². The minimum absolute atomic E-state index is 0.160. The summed E-state index contributed by atoms with van der Waals surface area (Å²) in [5.74, 6) is 0.416. The van der Waals surface area contributed by atoms with E-state index < -0.39 is 0 Å². The van der Waals surface area contributed by atoms with Crippen LogP contribution in [0.3, 0.4) is 0 Å². The van der Waals surface area contributed by atoms with E-state index in [1.165, 1.54) is 0 Å². The summed E-state index contributed by atoms with van der Waals surface area (Å²) < 4.78 is 0.891. The highest BCUT2D eigenvalue weighted by Crippen LogP contribution is 2.21. The van der Waals surface area contributed by atoms with Gasteiger partial charge in [-0.3, -0.25) is 4.79 Å². The third-order valence-corrected chi connectivity index (χ3v) is 3.50. The van der Waals surface area contributed by atoms with Crippen LogP contribution in [0.2, 0.25) is 0 Å². The minimum Gasteiger partial charge on any atom is -0.385 e. The SMILES string of the molecule is CCNc1ccc(C)cc1C(=O)Nc1ncc(Br)cc1C. The van der Waals surface area contributed by atoms with Crippen LogP contribution in [-0.4, -0.2) is 17.4 Å². The van der Waals surface area contributed by atoms with Gasteiger partial charge in [-0.1, -0.05) is 11.6 Å². The molecule has 0 saturated carbocycles. The Morgan fingerprint density at radius 2 is 2.05 bits per heavy atom. The maximum Gasteiger partial charge on any atom is 0.258 e. The molecular weight excluding hydrogens is 330 g/mol. The molecule has 2 aromatic rings. The maximum atomic E-state index is 12.5. The number of pyridine rings is 1. The monoisotopic (exact) mass is 347 g/mol. The Morgan fingerprint density at radius 3 is 2.71 bits per heavy atom. The zero-order chi connectivity index (χ0) is 15.4. The first-order chi connectivity index (χ1) is 10.0. The Kier molecular flexibility index (Phi) is 4.96. The highest BCUT2D eigenvalue weighted by Gasteiger charge is 2.13. The van der Waals surface area contributed by atoms with Crippen molar-refractivity contribution in [3.8, 4) is 0 Å². The molecule has 0 aliphatic heterocycles. The van der Waals surface area contributed by atoms with Gasteiger partial charge in [0.2, 0.25) is 0 Å². The van der Waals surface area contributed by atoms with Crippen molar-refractivity contribution in [1.29, 1.82) is 0 Å². The molecule has 0 atom stereocenters. The van der Waals surface area contributed by atoms with Gasteiger partial charge in [-0.25, -0.2) is 4.98 Å². The smallest absolute Gasteiger partial charge is 0.258 e. The van der Waals surface area contributed by atoms with Crippen molar-refractivity contribution in [3.63, 3.8) is 0 Å². The standard InChI is InChI=1S/C16H18BrN3O/c1-4-18-14-6-5-10(2)7-13(14)16(21)20-15-11(3)8-12(17)9-19-15/h5-9,18H,4H2,1-3H3,(H,19,20,21). The van der Waals surface area contributed by atoms with Gasteiger partial charge in [-0.2, -0.15) is 0 Å². The fraction of sp³-hybridized carbons (Fsp3) is 0.250. The van der Waals surface area contributed by atoms with Crippen molar-refractivity contribution in [2.45, 2.75) is 20.8 Å². The highest BCUT2D eigenvalue weighted by atomic mass is 79.9. The largest absolute Gasteiger partial charge is 0.385 e. The van der Waals surface area contributed by atoms with Crippen LogP contribution < -0.4 is 10.6 Å². The predicted molar refractivity (Wildman–Crippen MR) is 90.0 cm³/mol. The van der Waals surface area contributed by atoms with E-state index in [0.29, 0.717) is 11.4 Å². The van der Waals surface area contributed by atoms with Gasteiger partial charge in [0.25, 0.3) is 5.91 Å². The maximum absolute atomic E-state index is 12.5. The fourth-order valence-corrected chi connectivity index (χ4v) is 2.48. The van der Waals surface area contributed by atoms with Crippen LogP contribution in [0.5, 0.6) is 0 Å². The molecule has 0 aliphatic carbocycles. The highest BCUT2D eigenvalue weighted by molar-refractivity contribution is 9.10. The first-order valence-electron chi connectivity index (χ1n) is 6.79. The molecule has 1 amide bonds. The van der Waals surface area contributed by atoms with Crippen LogP contribution >= 0.6 is 15.9 Å². The van der Waals surface area contributed by atoms with E-state index in [4.69, 9.17) is 0 Å². The molecule has 0 unspecified atom stereocenters. The van der Waals surface area contributed by atoms with Crippen LogP contribution in [0.4, 0.5) is 11.5 Å². The van der Waals surface area contributed by atoms with Crippen LogP contribution in [0, 0.1) is 13.8 Å². The number of aromatic nitrogens is 1. The minimum atomic E-state index is -0.160. The molecule has 0 fully saturated rings. The Labute approximate surface area is 133 Å². The molecule has 0 bridgehead atoms. The zero-order valence-electron chi connectivity index (χ0n) is 12.3. The number of hydrogen-bond donors (Lipinski definition) is 2. The van der Waals surface area contributed by atoms with Crippen LogP contribution in [0.15, 0.2) is 34.9 Å². The second kappa shape index (κ2) is 6.72. The van der Waals surface area contributed by atoms with E-state index in [1.807, 2.05) is 45.0 Å². The van der Waals surface area contributed by atoms with Crippen molar-refractivity contribution in [3.05, 3.63) is 51.6 Å². The van der Waals surface area contributed by atoms with Crippen molar-refractivity contribution in [2.24, 2.45) is 0 Å². The summed E-state index contributed by atoms with van der Waals surface area (Å²) in [6.07, 6.45) is 1.67. The summed E-state index contributed by atoms with van der Waals surface area (Å²) >= 11 is 3.36. The molecule has 5 heteroatoms. The molecule has 0 saturated heterocycles. The number of carbonyl (C=O) groups is 1. The number of nitrogens with one attached hydrogen (secondary N) is 2. The summed E-state index contributed by atoms with van der Waals surface area (Å²) in [6, 6.07) is 7.71. The number of halogens is 1. The normalized spacial score (nSPS) is 10.3. The molecule has 110 valence electrons. The number of aryl methyl sites for hydroxylation is 2. The van der Waals surface area contributed by atoms with Crippen molar-refractivity contribution < 1.29 is 4.79 Å². The van der Waals surface area contributed by atoms with E-state index in [0.717, 1.165) is 27.8 Å². The molecule has 0 spiro atoms. The van der Waals surface area contributed by atoms with Gasteiger partial charge < -0.3 is 10.6 Å². The Bertz CT molecular complexity index is 671. The van der Waals surface area contributed by atoms with Gasteiger partial charge in [0, 0.05) is 22.9 Å². The van der Waals surface area contributed by atoms with Gasteiger partial charge in [0.15, 0.2) is 0 Å². The van der Waals surface area contributed by atoms with E-state index in [-0.39, 0.29) is 5.91 Å². The lowest BCUT2D eigenvalue weighted by atomic mass is 10.1. The quantitative estimate of drug-likeness (QED) is 0.873. The lowest BCUT2D eigenvalue weighted by Gasteiger charge is -2.13. The van der Waals surface area contributed by atoms with E-state index in [1.54, 1.807) is 6.20 Å². The van der Waals surface area contributed by atoms with Crippen molar-refractivity contribution >= 4 is 33.3 Å². The number of carbonyl (C=O) groups excluding carboxylic acids is 1. The molecule has 1 aromatic carbocycles. The summed E-state index contributed by atoms with van der Waals surface area (Å²) in [6.45, 7) is 6.64. The Balaban J connectivity index is 2.29. The zero-order valence-corrected chi connectivity index (χ0v) is 13.9. The van der Waals surface area contributed by atoms with Crippen molar-refractivity contribution in [2.75, 3.05) is 17.2 Å². The molecule has 1 heterocycles. The Morgan fingerprint density at radius 1 is 1.29 bits per heavy atom. The second-order valence-corrected chi connectivity index (χ2v) is 5.77. The van der Waals surface area contributed by atoms with Gasteiger partial charge in [-0.05, 0) is 60.5 Å². The topological polar surface area (TPSA) is 54.0 Å². The summed E-state index contributed by atoms with van der Waals surface area (Å²) in [7, 11) is 0. The van der Waals surface area contributed by atoms with Crippen LogP contribution in [0.1, 0.15) is 28.4 Å². The lowest BCUT2D eigenvalue weighted by Crippen LogP contribution is -2.16. The molecule has 0 aliphatic rings. The number of nitrogens with zero attached hydrogens (tertiary/aromatic N) is 1. The van der Waals surface area contributed by atoms with Gasteiger partial charge in [-0.15, -0.1) is 0 Å². The third kappa shape index (κ3) is 3.82. The predicted octanol–water partition coefficient (Wildman–Crippen LogP) is 4.15. The average molecular weight is 348 g/mol. The van der Waals surface area contributed by atoms with Crippen LogP contribution in [-0.2, 0) is 0 Å². The number of benzene rings is 1. The van der Waals surface area contributed by atoms with E-state index in [9.17, 15) is 4.79 Å². The van der Waals surface area contributed by atoms with Gasteiger partial charge in [0.05, 0.1) is 5.56 Å². The molecule has 4 nitrogen and oxygen atoms in total. The first-order valence-corrected chi connectivity index (χ1v) is 7.58. The van der Waals surface area contributed by atoms with Gasteiger partial charge in [0.1, 0.15) is 5.82 Å². The Hall–Kier alpha value is -1.88. The molecule has 1 aromatic heterocycles. The summed E-state index contributed by atoms with van der Waals surface area (Å²) in [4.78, 5) is 16.7. The van der Waals surface area contributed by atoms with E-state index >= 15 is 0 Å². The number of anilines is 2.